The Hall–Kier alpha value is -2.62. The summed E-state index contributed by atoms with van der Waals surface area (Å²) in [6.45, 7) is 3.78. The van der Waals surface area contributed by atoms with Crippen LogP contribution in [-0.4, -0.2) is 25.4 Å². The number of benzene rings is 2. The van der Waals surface area contributed by atoms with E-state index in [1.807, 2.05) is 29.6 Å². The van der Waals surface area contributed by atoms with Crippen molar-refractivity contribution in [2.75, 3.05) is 5.32 Å². The number of rotatable bonds is 8. The molecule has 0 saturated carbocycles. The molecule has 3 rings (SSSR count). The number of halogens is 1. The molecule has 0 spiro atoms. The van der Waals surface area contributed by atoms with Crippen molar-refractivity contribution in [2.24, 2.45) is 0 Å². The van der Waals surface area contributed by atoms with Crippen molar-refractivity contribution >= 4 is 32.4 Å². The summed E-state index contributed by atoms with van der Waals surface area (Å²) >= 11 is 1.26. The number of thiazole rings is 1. The molecule has 1 atom stereocenters. The molecule has 3 aromatic rings. The van der Waals surface area contributed by atoms with Gasteiger partial charge >= 0.3 is 0 Å². The van der Waals surface area contributed by atoms with Gasteiger partial charge in [0.15, 0.2) is 5.13 Å². The van der Waals surface area contributed by atoms with Crippen LogP contribution in [0.15, 0.2) is 58.8 Å². The Morgan fingerprint density at radius 3 is 2.37 bits per heavy atom. The Labute approximate surface area is 179 Å². The fourth-order valence-corrected chi connectivity index (χ4v) is 4.76. The number of sulfonamides is 1. The van der Waals surface area contributed by atoms with Crippen LogP contribution in [0.25, 0.3) is 11.3 Å². The maximum Gasteiger partial charge on any atom is 0.244 e. The molecule has 2 N–H and O–H groups in total. The van der Waals surface area contributed by atoms with Gasteiger partial charge in [-0.05, 0) is 42.7 Å². The third-order valence-corrected chi connectivity index (χ3v) is 6.78. The second-order valence-electron chi connectivity index (χ2n) is 6.61. The van der Waals surface area contributed by atoms with Crippen LogP contribution < -0.4 is 10.0 Å². The van der Waals surface area contributed by atoms with Crippen molar-refractivity contribution in [3.63, 3.8) is 0 Å². The zero-order valence-corrected chi connectivity index (χ0v) is 18.2. The number of aryl methyl sites for hydroxylation is 1. The highest BCUT2D eigenvalue weighted by Gasteiger charge is 2.25. The fraction of sp³-hybridized carbons (Fsp3) is 0.238. The average molecular weight is 448 g/mol. The Balaban J connectivity index is 1.69. The van der Waals surface area contributed by atoms with Crippen molar-refractivity contribution in [2.45, 2.75) is 37.6 Å². The standard InChI is InChI=1S/C21H22FN3O3S2/c1-3-14-5-7-15(8-6-14)19-13-29-21(23-19)24-20(26)18(4-2)25-30(27,28)17-11-9-16(22)10-12-17/h5-13,18,25H,3-4H2,1-2H3,(H,23,24,26). The molecule has 0 aliphatic rings. The van der Waals surface area contributed by atoms with E-state index >= 15 is 0 Å². The van der Waals surface area contributed by atoms with Gasteiger partial charge < -0.3 is 5.32 Å². The highest BCUT2D eigenvalue weighted by Crippen LogP contribution is 2.25. The molecular formula is C21H22FN3O3S2. The smallest absolute Gasteiger partial charge is 0.244 e. The Morgan fingerprint density at radius 2 is 1.77 bits per heavy atom. The second kappa shape index (κ2) is 9.46. The summed E-state index contributed by atoms with van der Waals surface area (Å²) in [5.74, 6) is -1.05. The highest BCUT2D eigenvalue weighted by atomic mass is 32.2. The lowest BCUT2D eigenvalue weighted by atomic mass is 10.1. The first-order valence-corrected chi connectivity index (χ1v) is 11.8. The van der Waals surface area contributed by atoms with Crippen LogP contribution >= 0.6 is 11.3 Å². The molecule has 6 nitrogen and oxygen atoms in total. The van der Waals surface area contributed by atoms with Crippen molar-refractivity contribution in [1.82, 2.24) is 9.71 Å². The molecule has 2 aromatic carbocycles. The predicted octanol–water partition coefficient (Wildman–Crippen LogP) is 4.21. The van der Waals surface area contributed by atoms with E-state index < -0.39 is 27.8 Å². The number of hydrogen-bond donors (Lipinski definition) is 2. The molecule has 30 heavy (non-hydrogen) atoms. The van der Waals surface area contributed by atoms with Gasteiger partial charge in [-0.2, -0.15) is 4.72 Å². The molecule has 0 aliphatic heterocycles. The quantitative estimate of drug-likeness (QED) is 0.542. The molecule has 1 unspecified atom stereocenters. The van der Waals surface area contributed by atoms with Gasteiger partial charge in [0.25, 0.3) is 0 Å². The normalized spacial score (nSPS) is 12.5. The van der Waals surface area contributed by atoms with Crippen LogP contribution in [0, 0.1) is 5.82 Å². The summed E-state index contributed by atoms with van der Waals surface area (Å²) in [6.07, 6.45) is 1.19. The largest absolute Gasteiger partial charge is 0.301 e. The maximum absolute atomic E-state index is 13.1. The van der Waals surface area contributed by atoms with Crippen LogP contribution in [0.5, 0.6) is 0 Å². The second-order valence-corrected chi connectivity index (χ2v) is 9.19. The molecule has 0 bridgehead atoms. The molecule has 1 heterocycles. The Bertz CT molecular complexity index is 1110. The Morgan fingerprint density at radius 1 is 1.10 bits per heavy atom. The van der Waals surface area contributed by atoms with E-state index in [-0.39, 0.29) is 11.3 Å². The number of nitrogens with zero attached hydrogens (tertiary/aromatic N) is 1. The van der Waals surface area contributed by atoms with E-state index in [2.05, 4.69) is 21.9 Å². The number of carbonyl (C=O) groups is 1. The summed E-state index contributed by atoms with van der Waals surface area (Å²) in [6, 6.07) is 11.4. The maximum atomic E-state index is 13.1. The van der Waals surface area contributed by atoms with Crippen LogP contribution in [0.2, 0.25) is 0 Å². The van der Waals surface area contributed by atoms with E-state index in [9.17, 15) is 17.6 Å². The van der Waals surface area contributed by atoms with E-state index in [1.54, 1.807) is 6.92 Å². The summed E-state index contributed by atoms with van der Waals surface area (Å²) in [4.78, 5) is 16.9. The zero-order valence-electron chi connectivity index (χ0n) is 16.6. The molecule has 1 aromatic heterocycles. The minimum absolute atomic E-state index is 0.109. The van der Waals surface area contributed by atoms with Gasteiger partial charge in [0, 0.05) is 10.9 Å². The molecule has 158 valence electrons. The van der Waals surface area contributed by atoms with Gasteiger partial charge in [-0.15, -0.1) is 11.3 Å². The summed E-state index contributed by atoms with van der Waals surface area (Å²) in [7, 11) is -3.96. The van der Waals surface area contributed by atoms with Crippen LogP contribution in [0.3, 0.4) is 0 Å². The zero-order chi connectivity index (χ0) is 21.7. The van der Waals surface area contributed by atoms with Crippen LogP contribution in [0.4, 0.5) is 9.52 Å². The third kappa shape index (κ3) is 5.29. The number of anilines is 1. The van der Waals surface area contributed by atoms with E-state index in [4.69, 9.17) is 0 Å². The molecule has 1 amide bonds. The number of aromatic nitrogens is 1. The lowest BCUT2D eigenvalue weighted by Crippen LogP contribution is -2.43. The van der Waals surface area contributed by atoms with Gasteiger partial charge in [-0.3, -0.25) is 4.79 Å². The fourth-order valence-electron chi connectivity index (χ4n) is 2.76. The molecule has 0 aliphatic carbocycles. The molecule has 0 fully saturated rings. The minimum atomic E-state index is -3.96. The first kappa shape index (κ1) is 22.1. The summed E-state index contributed by atoms with van der Waals surface area (Å²) in [5, 5.41) is 4.89. The number of carbonyl (C=O) groups excluding carboxylic acids is 1. The highest BCUT2D eigenvalue weighted by molar-refractivity contribution is 7.89. The van der Waals surface area contributed by atoms with Gasteiger partial charge in [0.1, 0.15) is 11.9 Å². The van der Waals surface area contributed by atoms with Crippen molar-refractivity contribution in [3.8, 4) is 11.3 Å². The van der Waals surface area contributed by atoms with Crippen molar-refractivity contribution in [3.05, 3.63) is 65.3 Å². The Kier molecular flexibility index (Phi) is 6.96. The first-order valence-electron chi connectivity index (χ1n) is 9.46. The van der Waals surface area contributed by atoms with Crippen molar-refractivity contribution < 1.29 is 17.6 Å². The first-order chi connectivity index (χ1) is 14.3. The lowest BCUT2D eigenvalue weighted by molar-refractivity contribution is -0.117. The number of nitrogens with one attached hydrogen (secondary N) is 2. The summed E-state index contributed by atoms with van der Waals surface area (Å²) in [5.41, 5.74) is 2.90. The summed E-state index contributed by atoms with van der Waals surface area (Å²) < 4.78 is 40.4. The number of hydrogen-bond acceptors (Lipinski definition) is 5. The molecule has 9 heteroatoms. The van der Waals surface area contributed by atoms with Gasteiger partial charge in [-0.25, -0.2) is 17.8 Å². The van der Waals surface area contributed by atoms with Crippen LogP contribution in [0.1, 0.15) is 25.8 Å². The van der Waals surface area contributed by atoms with Crippen LogP contribution in [-0.2, 0) is 21.2 Å². The van der Waals surface area contributed by atoms with Crippen molar-refractivity contribution in [1.29, 1.82) is 0 Å². The van der Waals surface area contributed by atoms with E-state index in [0.29, 0.717) is 5.13 Å². The lowest BCUT2D eigenvalue weighted by Gasteiger charge is -2.16. The average Bonchev–Trinajstić information content (AvgIpc) is 3.20. The third-order valence-electron chi connectivity index (χ3n) is 4.54. The number of amides is 1. The molecule has 0 saturated heterocycles. The minimum Gasteiger partial charge on any atom is -0.301 e. The van der Waals surface area contributed by atoms with Gasteiger partial charge in [-0.1, -0.05) is 38.1 Å². The predicted molar refractivity (Wildman–Crippen MR) is 116 cm³/mol. The molecular weight excluding hydrogens is 425 g/mol. The van der Waals surface area contributed by atoms with Gasteiger partial charge in [0.2, 0.25) is 15.9 Å². The molecule has 0 radical (unpaired) electrons. The van der Waals surface area contributed by atoms with E-state index in [0.717, 1.165) is 41.9 Å². The van der Waals surface area contributed by atoms with Gasteiger partial charge in [0.05, 0.1) is 10.6 Å². The van der Waals surface area contributed by atoms with E-state index in [1.165, 1.54) is 16.9 Å². The topological polar surface area (TPSA) is 88.2 Å². The monoisotopic (exact) mass is 447 g/mol. The SMILES string of the molecule is CCc1ccc(-c2csc(NC(=O)C(CC)NS(=O)(=O)c3ccc(F)cc3)n2)cc1.